The first kappa shape index (κ1) is 20.6. The molecule has 160 valence electrons. The van der Waals surface area contributed by atoms with Crippen LogP contribution < -0.4 is 5.32 Å². The van der Waals surface area contributed by atoms with Gasteiger partial charge in [0.05, 0.1) is 12.2 Å². The molecule has 1 aromatic heterocycles. The summed E-state index contributed by atoms with van der Waals surface area (Å²) < 4.78 is 1.91. The Morgan fingerprint density at radius 3 is 2.53 bits per heavy atom. The molecule has 1 saturated carbocycles. The number of hydrogen-bond donors (Lipinski definition) is 1. The number of nitrogens with zero attached hydrogens (tertiary/aromatic N) is 3. The number of nitrogens with one attached hydrogen (secondary N) is 1. The van der Waals surface area contributed by atoms with Gasteiger partial charge < -0.3 is 10.2 Å². The fourth-order valence-corrected chi connectivity index (χ4v) is 4.86. The van der Waals surface area contributed by atoms with Crippen LogP contribution in [0.3, 0.4) is 0 Å². The Morgan fingerprint density at radius 2 is 1.80 bits per heavy atom. The highest BCUT2D eigenvalue weighted by Crippen LogP contribution is 2.30. The number of aromatic nitrogens is 2. The van der Waals surface area contributed by atoms with Gasteiger partial charge in [-0.15, -0.1) is 0 Å². The van der Waals surface area contributed by atoms with Crippen LogP contribution in [0.25, 0.3) is 0 Å². The average molecular weight is 409 g/mol. The number of rotatable bonds is 6. The number of benzene rings is 1. The third-order valence-corrected chi connectivity index (χ3v) is 6.71. The van der Waals surface area contributed by atoms with Crippen molar-refractivity contribution in [2.75, 3.05) is 18.4 Å². The Balaban J connectivity index is 1.31. The van der Waals surface area contributed by atoms with Gasteiger partial charge in [0.25, 0.3) is 5.91 Å². The summed E-state index contributed by atoms with van der Waals surface area (Å²) in [4.78, 5) is 27.3. The third-order valence-electron chi connectivity index (χ3n) is 6.71. The van der Waals surface area contributed by atoms with Gasteiger partial charge in [0.1, 0.15) is 5.82 Å². The predicted molar refractivity (Wildman–Crippen MR) is 117 cm³/mol. The first-order valence-corrected chi connectivity index (χ1v) is 11.3. The summed E-state index contributed by atoms with van der Waals surface area (Å²) in [6.45, 7) is 3.46. The van der Waals surface area contributed by atoms with Crippen LogP contribution in [0.15, 0.2) is 36.5 Å². The fourth-order valence-electron chi connectivity index (χ4n) is 4.86. The Morgan fingerprint density at radius 1 is 1.07 bits per heavy atom. The summed E-state index contributed by atoms with van der Waals surface area (Å²) in [5, 5.41) is 7.48. The summed E-state index contributed by atoms with van der Waals surface area (Å²) in [6.07, 6.45) is 10.5. The van der Waals surface area contributed by atoms with E-state index in [4.69, 9.17) is 0 Å². The van der Waals surface area contributed by atoms with Gasteiger partial charge in [-0.1, -0.05) is 43.9 Å². The highest BCUT2D eigenvalue weighted by Gasteiger charge is 2.26. The lowest BCUT2D eigenvalue weighted by Gasteiger charge is -2.33. The van der Waals surface area contributed by atoms with Gasteiger partial charge in [-0.3, -0.25) is 9.59 Å². The number of carbonyl (C=O) groups is 2. The van der Waals surface area contributed by atoms with E-state index in [0.717, 1.165) is 43.8 Å². The van der Waals surface area contributed by atoms with Crippen LogP contribution in [0.5, 0.6) is 0 Å². The normalized spacial score (nSPS) is 18.0. The lowest BCUT2D eigenvalue weighted by Crippen LogP contribution is -2.39. The van der Waals surface area contributed by atoms with Crippen molar-refractivity contribution in [1.29, 1.82) is 0 Å². The van der Waals surface area contributed by atoms with Crippen molar-refractivity contribution in [1.82, 2.24) is 14.7 Å². The molecule has 0 bridgehead atoms. The molecule has 6 nitrogen and oxygen atoms in total. The standard InChI is InChI=1S/C24H32N4O2/c1-18-6-2-5-9-21(18)24(30)26-22-12-15-25-28(22)20-13-16-27(17-14-20)23(29)11-10-19-7-3-4-8-19/h2,5-6,9,12,15,19-20H,3-4,7-8,10-11,13-14,16-17H2,1H3,(H,26,30). The quantitative estimate of drug-likeness (QED) is 0.761. The monoisotopic (exact) mass is 408 g/mol. The molecule has 2 heterocycles. The largest absolute Gasteiger partial charge is 0.343 e. The summed E-state index contributed by atoms with van der Waals surface area (Å²) in [6, 6.07) is 9.62. The maximum absolute atomic E-state index is 12.7. The van der Waals surface area contributed by atoms with Gasteiger partial charge >= 0.3 is 0 Å². The van der Waals surface area contributed by atoms with Gasteiger partial charge in [-0.25, -0.2) is 4.68 Å². The summed E-state index contributed by atoms with van der Waals surface area (Å²) in [7, 11) is 0. The summed E-state index contributed by atoms with van der Waals surface area (Å²) in [5.74, 6) is 1.66. The van der Waals surface area contributed by atoms with Crippen molar-refractivity contribution in [3.8, 4) is 0 Å². The number of amides is 2. The van der Waals surface area contributed by atoms with Crippen molar-refractivity contribution >= 4 is 17.6 Å². The van der Waals surface area contributed by atoms with Crippen LogP contribution in [0.4, 0.5) is 5.82 Å². The molecule has 0 radical (unpaired) electrons. The third kappa shape index (κ3) is 4.74. The lowest BCUT2D eigenvalue weighted by atomic mass is 10.00. The van der Waals surface area contributed by atoms with Crippen molar-refractivity contribution < 1.29 is 9.59 Å². The Hall–Kier alpha value is -2.63. The van der Waals surface area contributed by atoms with Crippen molar-refractivity contribution in [2.24, 2.45) is 5.92 Å². The zero-order valence-electron chi connectivity index (χ0n) is 17.8. The van der Waals surface area contributed by atoms with E-state index < -0.39 is 0 Å². The molecule has 0 atom stereocenters. The van der Waals surface area contributed by atoms with E-state index in [-0.39, 0.29) is 11.9 Å². The van der Waals surface area contributed by atoms with Crippen LogP contribution >= 0.6 is 0 Å². The van der Waals surface area contributed by atoms with Crippen LogP contribution in [-0.4, -0.2) is 39.6 Å². The minimum absolute atomic E-state index is 0.116. The maximum Gasteiger partial charge on any atom is 0.257 e. The molecule has 2 fully saturated rings. The van der Waals surface area contributed by atoms with E-state index in [0.29, 0.717) is 23.7 Å². The van der Waals surface area contributed by atoms with Crippen molar-refractivity contribution in [2.45, 2.75) is 64.3 Å². The Labute approximate surface area is 178 Å². The van der Waals surface area contributed by atoms with E-state index in [1.807, 2.05) is 46.8 Å². The highest BCUT2D eigenvalue weighted by atomic mass is 16.2. The van der Waals surface area contributed by atoms with E-state index in [9.17, 15) is 9.59 Å². The molecule has 1 aromatic carbocycles. The predicted octanol–water partition coefficient (Wildman–Crippen LogP) is 4.58. The van der Waals surface area contributed by atoms with Gasteiger partial charge in [-0.05, 0) is 43.7 Å². The van der Waals surface area contributed by atoms with Crippen molar-refractivity contribution in [3.63, 3.8) is 0 Å². The van der Waals surface area contributed by atoms with E-state index >= 15 is 0 Å². The smallest absolute Gasteiger partial charge is 0.257 e. The van der Waals surface area contributed by atoms with Gasteiger partial charge in [0.15, 0.2) is 0 Å². The molecule has 4 rings (SSSR count). The van der Waals surface area contributed by atoms with E-state index in [1.54, 1.807) is 6.20 Å². The number of aryl methyl sites for hydroxylation is 1. The number of anilines is 1. The zero-order valence-corrected chi connectivity index (χ0v) is 17.8. The highest BCUT2D eigenvalue weighted by molar-refractivity contribution is 6.04. The number of carbonyl (C=O) groups excluding carboxylic acids is 2. The first-order chi connectivity index (χ1) is 14.6. The number of piperidine rings is 1. The van der Waals surface area contributed by atoms with Crippen molar-refractivity contribution in [3.05, 3.63) is 47.7 Å². The Kier molecular flexibility index (Phi) is 6.50. The summed E-state index contributed by atoms with van der Waals surface area (Å²) in [5.41, 5.74) is 1.62. The molecule has 1 aliphatic carbocycles. The lowest BCUT2D eigenvalue weighted by molar-refractivity contribution is -0.132. The fraction of sp³-hybridized carbons (Fsp3) is 0.542. The second-order valence-electron chi connectivity index (χ2n) is 8.73. The van der Waals surface area contributed by atoms with Crippen LogP contribution in [0.1, 0.15) is 73.3 Å². The molecular formula is C24H32N4O2. The minimum atomic E-state index is -0.116. The molecule has 6 heteroatoms. The van der Waals surface area contributed by atoms with Gasteiger partial charge in [0, 0.05) is 31.1 Å². The Bertz CT molecular complexity index is 877. The molecule has 1 N–H and O–H groups in total. The topological polar surface area (TPSA) is 67.2 Å². The first-order valence-electron chi connectivity index (χ1n) is 11.3. The molecule has 2 aromatic rings. The molecule has 30 heavy (non-hydrogen) atoms. The van der Waals surface area contributed by atoms with Gasteiger partial charge in [0.2, 0.25) is 5.91 Å². The minimum Gasteiger partial charge on any atom is -0.343 e. The molecule has 2 aliphatic rings. The zero-order chi connectivity index (χ0) is 20.9. The molecule has 1 aliphatic heterocycles. The number of hydrogen-bond acceptors (Lipinski definition) is 3. The number of likely N-dealkylation sites (tertiary alicyclic amines) is 1. The second-order valence-corrected chi connectivity index (χ2v) is 8.73. The van der Waals surface area contributed by atoms with Crippen LogP contribution in [0.2, 0.25) is 0 Å². The van der Waals surface area contributed by atoms with E-state index in [1.165, 1.54) is 25.7 Å². The maximum atomic E-state index is 12.7. The molecule has 0 unspecified atom stereocenters. The molecule has 1 saturated heterocycles. The average Bonchev–Trinajstić information content (AvgIpc) is 3.44. The van der Waals surface area contributed by atoms with Gasteiger partial charge in [-0.2, -0.15) is 5.10 Å². The molecule has 0 spiro atoms. The van der Waals surface area contributed by atoms with E-state index in [2.05, 4.69) is 10.4 Å². The van der Waals surface area contributed by atoms with Crippen LogP contribution in [0, 0.1) is 12.8 Å². The summed E-state index contributed by atoms with van der Waals surface area (Å²) >= 11 is 0. The molecular weight excluding hydrogens is 376 g/mol. The second kappa shape index (κ2) is 9.45. The SMILES string of the molecule is Cc1ccccc1C(=O)Nc1ccnn1C1CCN(C(=O)CCC2CCCC2)CC1. The van der Waals surface area contributed by atoms with Crippen LogP contribution in [-0.2, 0) is 4.79 Å². The molecule has 2 amide bonds.